The number of amides is 3. The number of benzene rings is 3. The molecule has 3 amide bonds. The number of likely N-dealkylation sites (tertiary alicyclic amines) is 1. The van der Waals surface area contributed by atoms with Crippen molar-refractivity contribution in [3.8, 4) is 23.0 Å². The van der Waals surface area contributed by atoms with E-state index in [4.69, 9.17) is 14.7 Å². The Morgan fingerprint density at radius 3 is 2.29 bits per heavy atom. The van der Waals surface area contributed by atoms with E-state index in [0.29, 0.717) is 97.1 Å². The number of aryl methyl sites for hydroxylation is 1. The number of hydrogen-bond acceptors (Lipinski definition) is 13. The maximum absolute atomic E-state index is 17.2. The lowest BCUT2D eigenvalue weighted by atomic mass is 9.55. The van der Waals surface area contributed by atoms with Gasteiger partial charge in [0.2, 0.25) is 17.7 Å². The van der Waals surface area contributed by atoms with E-state index in [9.17, 15) is 19.5 Å². The number of imide groups is 1. The Morgan fingerprint density at radius 1 is 0.842 bits per heavy atom. The quantitative estimate of drug-likeness (QED) is 0.107. The predicted molar refractivity (Wildman–Crippen MR) is 284 cm³/mol. The predicted octanol–water partition coefficient (Wildman–Crippen LogP) is 7.33. The number of phenolic OH excluding ortho intramolecular Hbond substituents is 1. The van der Waals surface area contributed by atoms with Gasteiger partial charge >= 0.3 is 6.01 Å². The molecule has 0 radical (unpaired) electrons. The molecule has 1 spiro atoms. The van der Waals surface area contributed by atoms with Crippen molar-refractivity contribution in [2.45, 2.75) is 121 Å². The number of aromatic nitrogens is 3. The van der Waals surface area contributed by atoms with Crippen LogP contribution in [0.25, 0.3) is 32.9 Å². The molecule has 2 aliphatic carbocycles. The lowest BCUT2D eigenvalue weighted by Gasteiger charge is -2.57. The number of fused-ring (bicyclic) bond motifs is 5. The van der Waals surface area contributed by atoms with Crippen LogP contribution in [0.3, 0.4) is 0 Å². The van der Waals surface area contributed by atoms with Gasteiger partial charge in [0.15, 0.2) is 5.82 Å². The van der Waals surface area contributed by atoms with Crippen LogP contribution >= 0.6 is 0 Å². The number of nitrogens with one attached hydrogen (secondary N) is 2. The first-order chi connectivity index (χ1) is 36.5. The van der Waals surface area contributed by atoms with Crippen molar-refractivity contribution in [1.29, 1.82) is 0 Å². The van der Waals surface area contributed by atoms with Gasteiger partial charge in [-0.15, -0.1) is 0 Å². The second-order valence-corrected chi connectivity index (χ2v) is 24.3. The lowest BCUT2D eigenvalue weighted by molar-refractivity contribution is -0.136. The molecule has 5 aromatic rings. The summed E-state index contributed by atoms with van der Waals surface area (Å²) in [5.74, 6) is -1.46. The third kappa shape index (κ3) is 8.60. The number of piperidine rings is 2. The number of piperazine rings is 2. The molecule has 5 saturated heterocycles. The van der Waals surface area contributed by atoms with E-state index < -0.39 is 34.7 Å². The fourth-order valence-corrected chi connectivity index (χ4v) is 14.4. The molecule has 76 heavy (non-hydrogen) atoms. The molecule has 6 aliphatic heterocycles. The number of phenols is 1. The van der Waals surface area contributed by atoms with Crippen LogP contribution in [0.2, 0.25) is 0 Å². The van der Waals surface area contributed by atoms with Gasteiger partial charge in [-0.25, -0.2) is 13.2 Å². The molecular weight excluding hydrogens is 974 g/mol. The highest BCUT2D eigenvalue weighted by molar-refractivity contribution is 6.14. The molecule has 18 heteroatoms. The van der Waals surface area contributed by atoms with Crippen molar-refractivity contribution in [3.63, 3.8) is 0 Å². The average molecular weight is 1040 g/mol. The summed E-state index contributed by atoms with van der Waals surface area (Å²) in [5, 5.41) is 18.4. The van der Waals surface area contributed by atoms with Crippen molar-refractivity contribution < 1.29 is 37.4 Å². The lowest BCUT2D eigenvalue weighted by Crippen LogP contribution is -2.60. The molecule has 3 aromatic carbocycles. The normalized spacial score (nSPS) is 25.6. The zero-order valence-corrected chi connectivity index (χ0v) is 43.7. The number of hydrogen-bond donors (Lipinski definition) is 3. The number of halogens is 3. The minimum absolute atomic E-state index is 0.0181. The van der Waals surface area contributed by atoms with E-state index >= 15 is 13.2 Å². The largest absolute Gasteiger partial charge is 0.508 e. The van der Waals surface area contributed by atoms with Crippen molar-refractivity contribution in [2.75, 3.05) is 86.8 Å². The van der Waals surface area contributed by atoms with Gasteiger partial charge in [-0.2, -0.15) is 9.97 Å². The van der Waals surface area contributed by atoms with E-state index in [-0.39, 0.29) is 52.0 Å². The number of carbonyl (C=O) groups excluding carboxylic acids is 3. The molecule has 2 saturated carbocycles. The van der Waals surface area contributed by atoms with E-state index in [1.54, 1.807) is 23.2 Å². The monoisotopic (exact) mass is 1040 g/mol. The second-order valence-electron chi connectivity index (χ2n) is 24.3. The van der Waals surface area contributed by atoms with Crippen LogP contribution in [0.15, 0.2) is 48.7 Å². The maximum atomic E-state index is 17.2. The Kier molecular flexibility index (Phi) is 11.9. The first kappa shape index (κ1) is 49.5. The third-order valence-electron chi connectivity index (χ3n) is 18.7. The Balaban J connectivity index is 0.639. The second kappa shape index (κ2) is 18.3. The van der Waals surface area contributed by atoms with E-state index in [1.165, 1.54) is 12.1 Å². The molecule has 400 valence electrons. The van der Waals surface area contributed by atoms with Crippen LogP contribution in [0, 0.1) is 22.5 Å². The summed E-state index contributed by atoms with van der Waals surface area (Å²) in [4.78, 5) is 63.6. The summed E-state index contributed by atoms with van der Waals surface area (Å²) in [7, 11) is 0. The van der Waals surface area contributed by atoms with E-state index in [0.717, 1.165) is 101 Å². The Morgan fingerprint density at radius 2 is 1.58 bits per heavy atom. The van der Waals surface area contributed by atoms with Gasteiger partial charge in [-0.3, -0.25) is 34.5 Å². The number of aromatic hydroxyl groups is 1. The van der Waals surface area contributed by atoms with Crippen LogP contribution in [0.4, 0.5) is 30.4 Å². The molecule has 3 unspecified atom stereocenters. The van der Waals surface area contributed by atoms with Gasteiger partial charge in [-0.05, 0) is 155 Å². The van der Waals surface area contributed by atoms with Gasteiger partial charge < -0.3 is 29.9 Å². The summed E-state index contributed by atoms with van der Waals surface area (Å²) in [6.45, 7) is 13.5. The van der Waals surface area contributed by atoms with Crippen LogP contribution in [-0.4, -0.2) is 143 Å². The zero-order valence-electron chi connectivity index (χ0n) is 43.7. The van der Waals surface area contributed by atoms with Gasteiger partial charge in [-0.1, -0.05) is 13.0 Å². The fraction of sp³-hybridized carbons (Fsp3) is 0.552. The highest BCUT2D eigenvalue weighted by Gasteiger charge is 2.57. The molecule has 2 aromatic heterocycles. The molecule has 15 nitrogen and oxygen atoms in total. The van der Waals surface area contributed by atoms with Crippen LogP contribution in [0.5, 0.6) is 11.8 Å². The number of anilines is 3. The third-order valence-corrected chi connectivity index (χ3v) is 18.7. The average Bonchev–Trinajstić information content (AvgIpc) is 4.17. The Bertz CT molecular complexity index is 3190. The number of carbonyl (C=O) groups is 3. The number of alkyl halides is 1. The summed E-state index contributed by atoms with van der Waals surface area (Å²) in [5.41, 5.74) is 1.26. The molecule has 2 bridgehead atoms. The minimum Gasteiger partial charge on any atom is -0.508 e. The molecule has 13 rings (SSSR count). The molecule has 3 atom stereocenters. The molecule has 7 fully saturated rings. The first-order valence-corrected chi connectivity index (χ1v) is 27.6. The summed E-state index contributed by atoms with van der Waals surface area (Å²) in [6, 6.07) is 12.0. The fourth-order valence-electron chi connectivity index (χ4n) is 14.4. The zero-order chi connectivity index (χ0) is 52.5. The summed E-state index contributed by atoms with van der Waals surface area (Å²) >= 11 is 0. The Hall–Kier alpha value is -6.11. The van der Waals surface area contributed by atoms with Crippen molar-refractivity contribution in [3.05, 3.63) is 71.4 Å². The van der Waals surface area contributed by atoms with Crippen LogP contribution in [-0.2, 0) is 26.2 Å². The molecule has 3 N–H and O–H groups in total. The molecule has 8 heterocycles. The number of pyridine rings is 1. The number of ether oxygens (including phenoxy) is 1. The highest BCUT2D eigenvalue weighted by Crippen LogP contribution is 2.58. The Labute approximate surface area is 440 Å². The topological polar surface area (TPSA) is 160 Å². The van der Waals surface area contributed by atoms with Crippen molar-refractivity contribution in [1.82, 2.24) is 35.4 Å². The van der Waals surface area contributed by atoms with E-state index in [2.05, 4.69) is 41.3 Å². The van der Waals surface area contributed by atoms with Crippen LogP contribution < -0.4 is 30.1 Å². The summed E-state index contributed by atoms with van der Waals surface area (Å²) < 4.78 is 55.6. The minimum atomic E-state index is -1.21. The van der Waals surface area contributed by atoms with Gasteiger partial charge in [0.25, 0.3) is 0 Å². The van der Waals surface area contributed by atoms with Crippen molar-refractivity contribution in [2.24, 2.45) is 10.8 Å². The number of rotatable bonds is 12. The SMILES string of the molecule is CCc1c(F)ccc2cc(O)cc(-c3ncc4c(N5CC6CCC(C5)N6)nc(OCC5(CN6CCC7(CC6)CC(F)(CN6CCN(c8ccc9c(c8)C(C)(C)C(=O)N9C8CCC(=O)NC8=O)CC6)C7)CC5)nc4c3F)c12. The standard InChI is InChI=1S/C58H67F3N10O5/c1-4-39-43(59)9-5-34-23-38(72)25-40(47(34)39)49-48(60)50-41(26-62-49)51(70-27-35-6-7-36(28-70)63-35)66-54(65-50)76-33-57(13-14-57)31-67-17-15-56(16-18-67)29-58(61,30-56)32-68-19-21-69(22-20-68)37-8-10-44-42(24-37)55(2,3)53(75)71(44)45-11-12-46(73)64-52(45)74/h5,8-10,23-26,35-36,45,63,72H,4,6-7,11-22,27-33H2,1-3H3,(H,64,73,74). The molecular formula is C58H67F3N10O5. The molecule has 8 aliphatic rings. The van der Waals surface area contributed by atoms with Crippen LogP contribution in [0.1, 0.15) is 96.1 Å². The number of nitrogens with zero attached hydrogens (tertiary/aromatic N) is 8. The smallest absolute Gasteiger partial charge is 0.319 e. The van der Waals surface area contributed by atoms with E-state index in [1.807, 2.05) is 32.9 Å². The summed E-state index contributed by atoms with van der Waals surface area (Å²) in [6.07, 6.45) is 9.66. The highest BCUT2D eigenvalue weighted by atomic mass is 19.1. The van der Waals surface area contributed by atoms with Gasteiger partial charge in [0.05, 0.1) is 17.4 Å². The van der Waals surface area contributed by atoms with Gasteiger partial charge in [0.1, 0.15) is 40.3 Å². The maximum Gasteiger partial charge on any atom is 0.319 e. The van der Waals surface area contributed by atoms with Crippen molar-refractivity contribution >= 4 is 56.6 Å². The first-order valence-electron chi connectivity index (χ1n) is 27.6. The van der Waals surface area contributed by atoms with Gasteiger partial charge in [0, 0.05) is 99.4 Å².